The minimum absolute atomic E-state index is 0. The van der Waals surface area contributed by atoms with Crippen LogP contribution in [0.5, 0.6) is 0 Å². The van der Waals surface area contributed by atoms with Crippen molar-refractivity contribution in [1.29, 1.82) is 0 Å². The molecule has 1 aromatic heterocycles. The normalized spacial score (nSPS) is 21.5. The van der Waals surface area contributed by atoms with Crippen molar-refractivity contribution in [2.45, 2.75) is 50.1 Å². The van der Waals surface area contributed by atoms with Gasteiger partial charge in [0.15, 0.2) is 0 Å². The second-order valence-electron chi connectivity index (χ2n) is 7.05. The first-order chi connectivity index (χ1) is 11.2. The zero-order valence-electron chi connectivity index (χ0n) is 14.5. The Morgan fingerprint density at radius 1 is 1.04 bits per heavy atom. The Bertz CT molecular complexity index is 685. The van der Waals surface area contributed by atoms with E-state index in [1.165, 1.54) is 24.1 Å². The number of halogens is 2. The zero-order chi connectivity index (χ0) is 15.8. The van der Waals surface area contributed by atoms with E-state index < -0.39 is 0 Å². The summed E-state index contributed by atoms with van der Waals surface area (Å²) in [5, 5.41) is 0. The minimum Gasteiger partial charge on any atom is -0.355 e. The number of rotatable bonds is 5. The summed E-state index contributed by atoms with van der Waals surface area (Å²) in [4.78, 5) is 11.9. The van der Waals surface area contributed by atoms with E-state index in [2.05, 4.69) is 48.3 Å². The molecule has 136 valence electrons. The molecule has 2 N–H and O–H groups in total. The highest BCUT2D eigenvalue weighted by Crippen LogP contribution is 2.41. The van der Waals surface area contributed by atoms with Crippen molar-refractivity contribution in [3.05, 3.63) is 53.5 Å². The molecule has 4 nitrogen and oxygen atoms in total. The molecule has 4 rings (SSSR count). The first-order valence-corrected chi connectivity index (χ1v) is 8.58. The van der Waals surface area contributed by atoms with E-state index in [0.29, 0.717) is 17.9 Å². The van der Waals surface area contributed by atoms with Gasteiger partial charge in [-0.25, -0.2) is 9.97 Å². The summed E-state index contributed by atoms with van der Waals surface area (Å²) in [5.74, 6) is 3.18. The van der Waals surface area contributed by atoms with Crippen LogP contribution in [0.3, 0.4) is 0 Å². The Kier molecular flexibility index (Phi) is 6.66. The molecule has 1 heterocycles. The lowest BCUT2D eigenvalue weighted by molar-refractivity contribution is 0.344. The average Bonchev–Trinajstić information content (AvgIpc) is 3.37. The highest BCUT2D eigenvalue weighted by atomic mass is 35.5. The maximum Gasteiger partial charge on any atom is 0.134 e. The van der Waals surface area contributed by atoms with Gasteiger partial charge >= 0.3 is 0 Å². The van der Waals surface area contributed by atoms with Gasteiger partial charge in [0.2, 0.25) is 0 Å². The second kappa shape index (κ2) is 8.35. The molecule has 0 atom stereocenters. The Morgan fingerprint density at radius 2 is 1.72 bits per heavy atom. The lowest BCUT2D eigenvalue weighted by atomic mass is 9.78. The van der Waals surface area contributed by atoms with Gasteiger partial charge in [0.1, 0.15) is 11.6 Å². The molecule has 0 amide bonds. The fourth-order valence-electron chi connectivity index (χ4n) is 3.24. The molecular formula is C19H26Cl2N4. The molecule has 0 saturated heterocycles. The number of anilines is 1. The molecule has 1 aromatic carbocycles. The Balaban J connectivity index is 0.00000113. The van der Waals surface area contributed by atoms with Crippen molar-refractivity contribution in [3.63, 3.8) is 0 Å². The van der Waals surface area contributed by atoms with Crippen molar-refractivity contribution < 1.29 is 0 Å². The minimum atomic E-state index is 0. The Morgan fingerprint density at radius 3 is 2.32 bits per heavy atom. The molecule has 0 aliphatic heterocycles. The van der Waals surface area contributed by atoms with Crippen LogP contribution in [0.4, 0.5) is 5.82 Å². The van der Waals surface area contributed by atoms with Gasteiger partial charge in [-0.1, -0.05) is 30.3 Å². The van der Waals surface area contributed by atoms with Gasteiger partial charge in [0, 0.05) is 43.2 Å². The topological polar surface area (TPSA) is 55.0 Å². The quantitative estimate of drug-likeness (QED) is 0.849. The van der Waals surface area contributed by atoms with Crippen LogP contribution < -0.4 is 10.6 Å². The summed E-state index contributed by atoms with van der Waals surface area (Å²) in [6.07, 6.45) is 4.58. The van der Waals surface area contributed by atoms with E-state index in [-0.39, 0.29) is 24.8 Å². The molecule has 2 aliphatic carbocycles. The predicted octanol–water partition coefficient (Wildman–Crippen LogP) is 4.04. The van der Waals surface area contributed by atoms with Gasteiger partial charge in [0.05, 0.1) is 0 Å². The number of nitrogens with two attached hydrogens (primary N) is 1. The van der Waals surface area contributed by atoms with E-state index in [0.717, 1.165) is 31.0 Å². The van der Waals surface area contributed by atoms with Crippen molar-refractivity contribution in [3.8, 4) is 0 Å². The molecule has 6 heteroatoms. The third-order valence-corrected chi connectivity index (χ3v) is 4.94. The Labute approximate surface area is 162 Å². The van der Waals surface area contributed by atoms with Crippen LogP contribution in [0.25, 0.3) is 0 Å². The number of hydrogen-bond acceptors (Lipinski definition) is 4. The molecule has 0 spiro atoms. The maximum absolute atomic E-state index is 5.96. The fraction of sp³-hybridized carbons (Fsp3) is 0.474. The van der Waals surface area contributed by atoms with Gasteiger partial charge in [0.25, 0.3) is 0 Å². The van der Waals surface area contributed by atoms with Crippen LogP contribution >= 0.6 is 24.8 Å². The summed E-state index contributed by atoms with van der Waals surface area (Å²) in [6.45, 7) is 0.867. The molecule has 0 radical (unpaired) electrons. The van der Waals surface area contributed by atoms with E-state index >= 15 is 0 Å². The number of nitrogens with zero attached hydrogens (tertiary/aromatic N) is 3. The second-order valence-corrected chi connectivity index (χ2v) is 7.05. The first-order valence-electron chi connectivity index (χ1n) is 8.58. The molecule has 2 fully saturated rings. The average molecular weight is 381 g/mol. The standard InChI is InChI=1S/C19H24N4.2ClH/c1-23(12-13-5-3-2-4-6-13)18-11-17(15-9-16(20)10-15)21-19(22-18)14-7-8-14;;/h2-6,11,14-16H,7-10,12,20H2,1H3;2*1H. The van der Waals surface area contributed by atoms with E-state index in [1.807, 2.05) is 0 Å². The molecule has 0 unspecified atom stereocenters. The van der Waals surface area contributed by atoms with Gasteiger partial charge in [-0.15, -0.1) is 24.8 Å². The predicted molar refractivity (Wildman–Crippen MR) is 107 cm³/mol. The monoisotopic (exact) mass is 380 g/mol. The van der Waals surface area contributed by atoms with Crippen LogP contribution in [0, 0.1) is 0 Å². The molecule has 0 bridgehead atoms. The van der Waals surface area contributed by atoms with Crippen LogP contribution in [0.1, 0.15) is 54.6 Å². The van der Waals surface area contributed by atoms with Gasteiger partial charge in [-0.2, -0.15) is 0 Å². The highest BCUT2D eigenvalue weighted by molar-refractivity contribution is 5.85. The largest absolute Gasteiger partial charge is 0.355 e. The van der Waals surface area contributed by atoms with Crippen molar-refractivity contribution in [1.82, 2.24) is 9.97 Å². The molecule has 2 aliphatic rings. The SMILES string of the molecule is CN(Cc1ccccc1)c1cc(C2CC(N)C2)nc(C2CC2)n1.Cl.Cl. The number of hydrogen-bond donors (Lipinski definition) is 1. The van der Waals surface area contributed by atoms with Gasteiger partial charge in [-0.05, 0) is 31.2 Å². The molecule has 25 heavy (non-hydrogen) atoms. The van der Waals surface area contributed by atoms with Crippen LogP contribution in [0.2, 0.25) is 0 Å². The number of benzene rings is 1. The summed E-state index contributed by atoms with van der Waals surface area (Å²) < 4.78 is 0. The Hall–Kier alpha value is -1.36. The van der Waals surface area contributed by atoms with E-state index in [4.69, 9.17) is 15.7 Å². The first kappa shape index (κ1) is 20.0. The van der Waals surface area contributed by atoms with E-state index in [1.54, 1.807) is 0 Å². The van der Waals surface area contributed by atoms with Crippen molar-refractivity contribution in [2.24, 2.45) is 5.73 Å². The van der Waals surface area contributed by atoms with Gasteiger partial charge in [-0.3, -0.25) is 0 Å². The van der Waals surface area contributed by atoms with Crippen molar-refractivity contribution in [2.75, 3.05) is 11.9 Å². The summed E-state index contributed by atoms with van der Waals surface area (Å²) in [6, 6.07) is 13.1. The van der Waals surface area contributed by atoms with Gasteiger partial charge < -0.3 is 10.6 Å². The zero-order valence-corrected chi connectivity index (χ0v) is 16.1. The summed E-state index contributed by atoms with van der Waals surface area (Å²) in [7, 11) is 2.11. The molecular weight excluding hydrogens is 355 g/mol. The highest BCUT2D eigenvalue weighted by Gasteiger charge is 2.32. The third kappa shape index (κ3) is 4.63. The van der Waals surface area contributed by atoms with E-state index in [9.17, 15) is 0 Å². The molecule has 2 aromatic rings. The van der Waals surface area contributed by atoms with Crippen LogP contribution in [-0.2, 0) is 6.54 Å². The number of aromatic nitrogens is 2. The fourth-order valence-corrected chi connectivity index (χ4v) is 3.24. The maximum atomic E-state index is 5.96. The smallest absolute Gasteiger partial charge is 0.134 e. The summed E-state index contributed by atoms with van der Waals surface area (Å²) in [5.41, 5.74) is 8.46. The van der Waals surface area contributed by atoms with Crippen molar-refractivity contribution >= 4 is 30.6 Å². The lowest BCUT2D eigenvalue weighted by Gasteiger charge is -2.32. The lowest BCUT2D eigenvalue weighted by Crippen LogP contribution is -2.35. The van der Waals surface area contributed by atoms with Crippen LogP contribution in [-0.4, -0.2) is 23.1 Å². The summed E-state index contributed by atoms with van der Waals surface area (Å²) >= 11 is 0. The van der Waals surface area contributed by atoms with Crippen LogP contribution in [0.15, 0.2) is 36.4 Å². The third-order valence-electron chi connectivity index (χ3n) is 4.94. The molecule has 2 saturated carbocycles.